The molecule has 3 rings (SSSR count). The molecule has 1 atom stereocenters. The van der Waals surface area contributed by atoms with Gasteiger partial charge in [-0.25, -0.2) is 0 Å². The minimum absolute atomic E-state index is 0.175. The highest BCUT2D eigenvalue weighted by molar-refractivity contribution is 5.81. The number of hydrogen-bond donors (Lipinski definition) is 1. The van der Waals surface area contributed by atoms with Crippen LogP contribution in [0.1, 0.15) is 18.9 Å². The molecule has 1 aliphatic heterocycles. The Morgan fingerprint density at radius 2 is 1.92 bits per heavy atom. The second kappa shape index (κ2) is 7.79. The highest BCUT2D eigenvalue weighted by Gasteiger charge is 2.20. The van der Waals surface area contributed by atoms with Crippen molar-refractivity contribution in [2.75, 3.05) is 13.9 Å². The predicted molar refractivity (Wildman–Crippen MR) is 92.1 cm³/mol. The van der Waals surface area contributed by atoms with E-state index in [1.807, 2.05) is 37.3 Å². The molecule has 0 fully saturated rings. The van der Waals surface area contributed by atoms with Crippen molar-refractivity contribution in [1.82, 2.24) is 5.32 Å². The molecular formula is C19H21NO5. The molecule has 132 valence electrons. The van der Waals surface area contributed by atoms with E-state index in [2.05, 4.69) is 5.32 Å². The number of methoxy groups -OCH3 is 1. The SMILES string of the molecule is CCC(Oc1ccccc1OC)C(=O)NCc1ccc2c(c1)OCO2. The van der Waals surface area contributed by atoms with E-state index in [-0.39, 0.29) is 12.7 Å². The van der Waals surface area contributed by atoms with E-state index in [0.717, 1.165) is 11.3 Å². The first-order chi connectivity index (χ1) is 12.2. The summed E-state index contributed by atoms with van der Waals surface area (Å²) < 4.78 is 21.7. The average molecular weight is 343 g/mol. The number of carbonyl (C=O) groups excluding carboxylic acids is 1. The molecule has 0 radical (unpaired) electrons. The topological polar surface area (TPSA) is 66.0 Å². The Morgan fingerprint density at radius 1 is 1.16 bits per heavy atom. The molecule has 25 heavy (non-hydrogen) atoms. The molecule has 2 aromatic rings. The molecule has 0 aliphatic carbocycles. The van der Waals surface area contributed by atoms with Crippen LogP contribution in [0.4, 0.5) is 0 Å². The number of hydrogen-bond acceptors (Lipinski definition) is 5. The number of benzene rings is 2. The van der Waals surface area contributed by atoms with Gasteiger partial charge in [-0.1, -0.05) is 25.1 Å². The number of fused-ring (bicyclic) bond motifs is 1. The molecule has 0 saturated carbocycles. The van der Waals surface area contributed by atoms with Gasteiger partial charge in [0.15, 0.2) is 29.1 Å². The Kier molecular flexibility index (Phi) is 5.28. The Morgan fingerprint density at radius 3 is 2.68 bits per heavy atom. The van der Waals surface area contributed by atoms with Crippen LogP contribution in [0.5, 0.6) is 23.0 Å². The highest BCUT2D eigenvalue weighted by Crippen LogP contribution is 2.32. The van der Waals surface area contributed by atoms with Gasteiger partial charge in [0.2, 0.25) is 6.79 Å². The summed E-state index contributed by atoms with van der Waals surface area (Å²) in [6.45, 7) is 2.53. The van der Waals surface area contributed by atoms with Crippen LogP contribution in [0.25, 0.3) is 0 Å². The van der Waals surface area contributed by atoms with E-state index in [1.165, 1.54) is 0 Å². The Balaban J connectivity index is 1.60. The third-order valence-electron chi connectivity index (χ3n) is 3.91. The van der Waals surface area contributed by atoms with Crippen molar-refractivity contribution >= 4 is 5.91 Å². The number of amides is 1. The fourth-order valence-electron chi connectivity index (χ4n) is 2.55. The Bertz CT molecular complexity index is 746. The second-order valence-corrected chi connectivity index (χ2v) is 5.57. The summed E-state index contributed by atoms with van der Waals surface area (Å²) in [6.07, 6.45) is -0.0457. The Labute approximate surface area is 146 Å². The van der Waals surface area contributed by atoms with Crippen LogP contribution in [0.3, 0.4) is 0 Å². The highest BCUT2D eigenvalue weighted by atomic mass is 16.7. The van der Waals surface area contributed by atoms with Gasteiger partial charge in [0.25, 0.3) is 5.91 Å². The van der Waals surface area contributed by atoms with Crippen molar-refractivity contribution in [1.29, 1.82) is 0 Å². The molecule has 6 nitrogen and oxygen atoms in total. The lowest BCUT2D eigenvalue weighted by Gasteiger charge is -2.19. The van der Waals surface area contributed by atoms with Gasteiger partial charge in [0.1, 0.15) is 0 Å². The van der Waals surface area contributed by atoms with Crippen molar-refractivity contribution in [3.8, 4) is 23.0 Å². The zero-order valence-corrected chi connectivity index (χ0v) is 14.3. The minimum atomic E-state index is -0.592. The fourth-order valence-corrected chi connectivity index (χ4v) is 2.55. The third kappa shape index (κ3) is 3.96. The zero-order valence-electron chi connectivity index (χ0n) is 14.3. The van der Waals surface area contributed by atoms with Crippen LogP contribution < -0.4 is 24.3 Å². The summed E-state index contributed by atoms with van der Waals surface area (Å²) in [6, 6.07) is 12.9. The van der Waals surface area contributed by atoms with Crippen molar-refractivity contribution in [2.24, 2.45) is 0 Å². The number of para-hydroxylation sites is 2. The normalized spacial score (nSPS) is 13.2. The van der Waals surface area contributed by atoms with Crippen LogP contribution in [0, 0.1) is 0 Å². The first-order valence-electron chi connectivity index (χ1n) is 8.17. The maximum absolute atomic E-state index is 12.5. The minimum Gasteiger partial charge on any atom is -0.493 e. The summed E-state index contributed by atoms with van der Waals surface area (Å²) in [5.41, 5.74) is 0.935. The smallest absolute Gasteiger partial charge is 0.261 e. The van der Waals surface area contributed by atoms with Crippen LogP contribution >= 0.6 is 0 Å². The Hall–Kier alpha value is -2.89. The van der Waals surface area contributed by atoms with Gasteiger partial charge < -0.3 is 24.3 Å². The summed E-state index contributed by atoms with van der Waals surface area (Å²) in [5.74, 6) is 2.40. The molecule has 6 heteroatoms. The number of rotatable bonds is 7. The van der Waals surface area contributed by atoms with Gasteiger partial charge in [0.05, 0.1) is 7.11 Å². The second-order valence-electron chi connectivity index (χ2n) is 5.57. The summed E-state index contributed by atoms with van der Waals surface area (Å²) in [5, 5.41) is 2.90. The number of nitrogens with one attached hydrogen (secondary N) is 1. The first-order valence-corrected chi connectivity index (χ1v) is 8.17. The van der Waals surface area contributed by atoms with Crippen molar-refractivity contribution < 1.29 is 23.7 Å². The molecule has 0 spiro atoms. The van der Waals surface area contributed by atoms with Gasteiger partial charge in [-0.2, -0.15) is 0 Å². The van der Waals surface area contributed by atoms with E-state index < -0.39 is 6.10 Å². The first kappa shape index (κ1) is 17.0. The monoisotopic (exact) mass is 343 g/mol. The van der Waals surface area contributed by atoms with Crippen LogP contribution in [-0.4, -0.2) is 25.9 Å². The fraction of sp³-hybridized carbons (Fsp3) is 0.316. The maximum Gasteiger partial charge on any atom is 0.261 e. The number of ether oxygens (including phenoxy) is 4. The molecule has 0 aromatic heterocycles. The average Bonchev–Trinajstić information content (AvgIpc) is 3.12. The lowest BCUT2D eigenvalue weighted by molar-refractivity contribution is -0.128. The lowest BCUT2D eigenvalue weighted by atomic mass is 10.2. The summed E-state index contributed by atoms with van der Waals surface area (Å²) in [7, 11) is 1.57. The van der Waals surface area contributed by atoms with E-state index in [4.69, 9.17) is 18.9 Å². The maximum atomic E-state index is 12.5. The van der Waals surface area contributed by atoms with E-state index in [0.29, 0.717) is 30.2 Å². The standard InChI is InChI=1S/C19H21NO5/c1-3-14(25-17-7-5-4-6-15(17)22-2)19(21)20-11-13-8-9-16-18(10-13)24-12-23-16/h4-10,14H,3,11-12H2,1-2H3,(H,20,21). The third-order valence-corrected chi connectivity index (χ3v) is 3.91. The molecule has 1 N–H and O–H groups in total. The summed E-state index contributed by atoms with van der Waals surface area (Å²) in [4.78, 5) is 12.5. The van der Waals surface area contributed by atoms with Crippen LogP contribution in [0.2, 0.25) is 0 Å². The quantitative estimate of drug-likeness (QED) is 0.837. The van der Waals surface area contributed by atoms with Crippen LogP contribution in [0.15, 0.2) is 42.5 Å². The predicted octanol–water partition coefficient (Wildman–Crippen LogP) is 2.90. The van der Waals surface area contributed by atoms with Gasteiger partial charge >= 0.3 is 0 Å². The van der Waals surface area contributed by atoms with Gasteiger partial charge in [-0.15, -0.1) is 0 Å². The van der Waals surface area contributed by atoms with Gasteiger partial charge in [-0.05, 0) is 36.2 Å². The van der Waals surface area contributed by atoms with Crippen LogP contribution in [-0.2, 0) is 11.3 Å². The van der Waals surface area contributed by atoms with E-state index in [1.54, 1.807) is 19.2 Å². The van der Waals surface area contributed by atoms with Gasteiger partial charge in [0, 0.05) is 6.54 Å². The molecule has 1 amide bonds. The number of carbonyl (C=O) groups is 1. The molecule has 2 aromatic carbocycles. The van der Waals surface area contributed by atoms with Crippen molar-refractivity contribution in [3.63, 3.8) is 0 Å². The molecule has 0 bridgehead atoms. The molecule has 0 saturated heterocycles. The largest absolute Gasteiger partial charge is 0.493 e. The van der Waals surface area contributed by atoms with E-state index >= 15 is 0 Å². The molecule has 1 heterocycles. The van der Waals surface area contributed by atoms with Gasteiger partial charge in [-0.3, -0.25) is 4.79 Å². The molecule has 1 unspecified atom stereocenters. The van der Waals surface area contributed by atoms with E-state index in [9.17, 15) is 4.79 Å². The van der Waals surface area contributed by atoms with Crippen molar-refractivity contribution in [2.45, 2.75) is 26.0 Å². The summed E-state index contributed by atoms with van der Waals surface area (Å²) >= 11 is 0. The van der Waals surface area contributed by atoms with Crippen molar-refractivity contribution in [3.05, 3.63) is 48.0 Å². The molecule has 1 aliphatic rings. The molecular weight excluding hydrogens is 322 g/mol. The zero-order chi connectivity index (χ0) is 17.6. The lowest BCUT2D eigenvalue weighted by Crippen LogP contribution is -2.37.